The SMILES string of the molecule is CC(=O)Nc1ncc(S(=O)(=O)N2CCN(C[C@H](C)Nc3nc(C4CC4)nc4c(C(F)(F)F)cccc34)CC2)s1. The molecular weight excluding hydrogens is 555 g/mol. The highest BCUT2D eigenvalue weighted by Crippen LogP contribution is 2.41. The number of rotatable bonds is 8. The number of hydrogen-bond donors (Lipinski definition) is 2. The molecular formula is C24H28F3N7O3S2. The van der Waals surface area contributed by atoms with Crippen molar-refractivity contribution in [2.24, 2.45) is 0 Å². The van der Waals surface area contributed by atoms with Crippen LogP contribution in [0.15, 0.2) is 28.6 Å². The van der Waals surface area contributed by atoms with Gasteiger partial charge in [0.1, 0.15) is 11.6 Å². The third-order valence-electron chi connectivity index (χ3n) is 6.60. The predicted octanol–water partition coefficient (Wildman–Crippen LogP) is 3.75. The molecule has 0 spiro atoms. The summed E-state index contributed by atoms with van der Waals surface area (Å²) < 4.78 is 68.6. The van der Waals surface area contributed by atoms with Crippen LogP contribution in [0, 0.1) is 0 Å². The first-order valence-electron chi connectivity index (χ1n) is 12.5. The van der Waals surface area contributed by atoms with Gasteiger partial charge in [-0.1, -0.05) is 17.4 Å². The van der Waals surface area contributed by atoms with E-state index in [9.17, 15) is 26.4 Å². The zero-order valence-electron chi connectivity index (χ0n) is 21.3. The van der Waals surface area contributed by atoms with E-state index in [1.54, 1.807) is 6.07 Å². The van der Waals surface area contributed by atoms with Gasteiger partial charge in [0.25, 0.3) is 10.0 Å². The van der Waals surface area contributed by atoms with Crippen LogP contribution < -0.4 is 10.6 Å². The standard InChI is InChI=1S/C24H28F3N7O3S2/c1-14(13-33-8-10-34(11-9-33)39(36,37)19-12-28-23(38-19)30-15(2)35)29-22-17-4-3-5-18(24(25,26)27)20(17)31-21(32-22)16-6-7-16/h3-5,12,14,16H,6-11,13H2,1-2H3,(H,28,30,35)(H,29,31,32)/t14-/m0/s1. The van der Waals surface area contributed by atoms with Gasteiger partial charge >= 0.3 is 6.18 Å². The molecule has 2 aliphatic rings. The first kappa shape index (κ1) is 27.7. The van der Waals surface area contributed by atoms with E-state index in [1.807, 2.05) is 6.92 Å². The Balaban J connectivity index is 1.25. The molecule has 2 aromatic heterocycles. The van der Waals surface area contributed by atoms with Crippen molar-refractivity contribution in [2.75, 3.05) is 43.4 Å². The van der Waals surface area contributed by atoms with Crippen LogP contribution in [0.2, 0.25) is 0 Å². The number of nitrogens with zero attached hydrogens (tertiary/aromatic N) is 5. The quantitative estimate of drug-likeness (QED) is 0.412. The van der Waals surface area contributed by atoms with Crippen LogP contribution >= 0.6 is 11.3 Å². The third kappa shape index (κ3) is 6.15. The molecule has 1 aliphatic heterocycles. The van der Waals surface area contributed by atoms with Gasteiger partial charge in [0.15, 0.2) is 9.34 Å². The van der Waals surface area contributed by atoms with Crippen LogP contribution in [-0.4, -0.2) is 77.2 Å². The van der Waals surface area contributed by atoms with Crippen molar-refractivity contribution in [1.29, 1.82) is 0 Å². The molecule has 1 saturated heterocycles. The molecule has 2 fully saturated rings. The average molecular weight is 584 g/mol. The van der Waals surface area contributed by atoms with Gasteiger partial charge in [-0.3, -0.25) is 9.69 Å². The van der Waals surface area contributed by atoms with E-state index in [1.165, 1.54) is 23.5 Å². The number of nitrogens with one attached hydrogen (secondary N) is 2. The van der Waals surface area contributed by atoms with Crippen molar-refractivity contribution in [2.45, 2.75) is 49.0 Å². The van der Waals surface area contributed by atoms with Gasteiger partial charge in [-0.15, -0.1) is 0 Å². The monoisotopic (exact) mass is 583 g/mol. The Labute approximate surface area is 227 Å². The van der Waals surface area contributed by atoms with E-state index < -0.39 is 21.8 Å². The first-order valence-corrected chi connectivity index (χ1v) is 14.8. The lowest BCUT2D eigenvalue weighted by molar-refractivity contribution is -0.136. The topological polar surface area (TPSA) is 120 Å². The minimum absolute atomic E-state index is 0.0649. The molecule has 1 aromatic carbocycles. The number of hydrogen-bond acceptors (Lipinski definition) is 9. The summed E-state index contributed by atoms with van der Waals surface area (Å²) >= 11 is 0.907. The zero-order valence-corrected chi connectivity index (χ0v) is 23.0. The fourth-order valence-corrected chi connectivity index (χ4v) is 7.22. The number of amides is 1. The molecule has 3 aromatic rings. The molecule has 210 valence electrons. The second-order valence-corrected chi connectivity index (χ2v) is 13.0. The lowest BCUT2D eigenvalue weighted by Gasteiger charge is -2.35. The molecule has 1 aliphatic carbocycles. The Bertz CT molecular complexity index is 1480. The predicted molar refractivity (Wildman–Crippen MR) is 141 cm³/mol. The van der Waals surface area contributed by atoms with Crippen LogP contribution in [0.3, 0.4) is 0 Å². The van der Waals surface area contributed by atoms with Gasteiger partial charge < -0.3 is 10.6 Å². The minimum Gasteiger partial charge on any atom is -0.366 e. The highest BCUT2D eigenvalue weighted by molar-refractivity contribution is 7.91. The van der Waals surface area contributed by atoms with Crippen LogP contribution in [0.1, 0.15) is 44.0 Å². The summed E-state index contributed by atoms with van der Waals surface area (Å²) in [7, 11) is -3.74. The molecule has 0 bridgehead atoms. The molecule has 15 heteroatoms. The summed E-state index contributed by atoms with van der Waals surface area (Å²) in [5, 5.41) is 6.32. The Kier molecular flexibility index (Phi) is 7.52. The van der Waals surface area contributed by atoms with E-state index in [0.717, 1.165) is 30.2 Å². The van der Waals surface area contributed by atoms with Gasteiger partial charge in [-0.05, 0) is 31.9 Å². The second kappa shape index (κ2) is 10.6. The molecule has 5 rings (SSSR count). The maximum absolute atomic E-state index is 13.7. The molecule has 1 amide bonds. The zero-order chi connectivity index (χ0) is 27.9. The maximum atomic E-state index is 13.7. The molecule has 3 heterocycles. The summed E-state index contributed by atoms with van der Waals surface area (Å²) in [5.41, 5.74) is -0.873. The number of carbonyl (C=O) groups excluding carboxylic acids is 1. The maximum Gasteiger partial charge on any atom is 0.418 e. The van der Waals surface area contributed by atoms with Gasteiger partial charge in [0, 0.05) is 57.0 Å². The van der Waals surface area contributed by atoms with Crippen LogP contribution in [-0.2, 0) is 21.0 Å². The van der Waals surface area contributed by atoms with Gasteiger partial charge in [-0.25, -0.2) is 23.4 Å². The Morgan fingerprint density at radius 2 is 1.90 bits per heavy atom. The third-order valence-corrected chi connectivity index (χ3v) is 9.85. The van der Waals surface area contributed by atoms with E-state index in [-0.39, 0.29) is 45.8 Å². The number of aromatic nitrogens is 3. The van der Waals surface area contributed by atoms with Crippen molar-refractivity contribution >= 4 is 49.1 Å². The fraction of sp³-hybridized carbons (Fsp3) is 0.500. The first-order chi connectivity index (χ1) is 18.4. The number of anilines is 2. The molecule has 0 radical (unpaired) electrons. The highest BCUT2D eigenvalue weighted by Gasteiger charge is 2.36. The molecule has 0 unspecified atom stereocenters. The van der Waals surface area contributed by atoms with E-state index in [4.69, 9.17) is 0 Å². The lowest BCUT2D eigenvalue weighted by atomic mass is 10.1. The van der Waals surface area contributed by atoms with E-state index in [0.29, 0.717) is 36.7 Å². The molecule has 1 saturated carbocycles. The number of para-hydroxylation sites is 1. The van der Waals surface area contributed by atoms with Crippen LogP contribution in [0.5, 0.6) is 0 Å². The van der Waals surface area contributed by atoms with Crippen molar-refractivity contribution in [3.05, 3.63) is 35.8 Å². The summed E-state index contributed by atoms with van der Waals surface area (Å²) in [6, 6.07) is 3.83. The largest absolute Gasteiger partial charge is 0.418 e. The number of fused-ring (bicyclic) bond motifs is 1. The smallest absolute Gasteiger partial charge is 0.366 e. The summed E-state index contributed by atoms with van der Waals surface area (Å²) in [6.45, 7) is 5.31. The minimum atomic E-state index is -4.53. The van der Waals surface area contributed by atoms with Gasteiger partial charge in [0.2, 0.25) is 5.91 Å². The van der Waals surface area contributed by atoms with Gasteiger partial charge in [0.05, 0.1) is 17.3 Å². The van der Waals surface area contributed by atoms with Crippen molar-refractivity contribution in [1.82, 2.24) is 24.2 Å². The molecule has 39 heavy (non-hydrogen) atoms. The Morgan fingerprint density at radius 1 is 1.18 bits per heavy atom. The number of benzene rings is 1. The Hall–Kier alpha value is -2.88. The molecule has 10 nitrogen and oxygen atoms in total. The molecule has 1 atom stereocenters. The van der Waals surface area contributed by atoms with Crippen LogP contribution in [0.4, 0.5) is 24.1 Å². The lowest BCUT2D eigenvalue weighted by Crippen LogP contribution is -2.50. The number of thiazole rings is 1. The van der Waals surface area contributed by atoms with Crippen molar-refractivity contribution in [3.63, 3.8) is 0 Å². The Morgan fingerprint density at radius 3 is 2.54 bits per heavy atom. The number of alkyl halides is 3. The second-order valence-electron chi connectivity index (χ2n) is 9.82. The van der Waals surface area contributed by atoms with Crippen molar-refractivity contribution in [3.8, 4) is 0 Å². The van der Waals surface area contributed by atoms with E-state index in [2.05, 4.69) is 30.5 Å². The summed E-state index contributed by atoms with van der Waals surface area (Å²) in [6.07, 6.45) is -1.56. The highest BCUT2D eigenvalue weighted by atomic mass is 32.2. The number of carbonyl (C=O) groups is 1. The summed E-state index contributed by atoms with van der Waals surface area (Å²) in [5.74, 6) is 0.554. The molecule has 2 N–H and O–H groups in total. The fourth-order valence-electron chi connectivity index (χ4n) is 4.57. The van der Waals surface area contributed by atoms with Crippen LogP contribution in [0.25, 0.3) is 10.9 Å². The van der Waals surface area contributed by atoms with Gasteiger partial charge in [-0.2, -0.15) is 17.5 Å². The summed E-state index contributed by atoms with van der Waals surface area (Å²) in [4.78, 5) is 26.2. The van der Waals surface area contributed by atoms with Crippen molar-refractivity contribution < 1.29 is 26.4 Å². The number of halogens is 3. The average Bonchev–Trinajstić information content (AvgIpc) is 3.61. The van der Waals surface area contributed by atoms with E-state index >= 15 is 0 Å². The number of piperazine rings is 1. The normalized spacial score (nSPS) is 18.3. The number of sulfonamides is 1.